The molecule has 0 aliphatic heterocycles. The summed E-state index contributed by atoms with van der Waals surface area (Å²) in [7, 11) is 1.74. The van der Waals surface area contributed by atoms with Gasteiger partial charge in [-0.2, -0.15) is 0 Å². The Balaban J connectivity index is 1.94. The van der Waals surface area contributed by atoms with Crippen molar-refractivity contribution >= 4 is 28.3 Å². The minimum Gasteiger partial charge on any atom is -0.373 e. The predicted octanol–water partition coefficient (Wildman–Crippen LogP) is 5.33. The zero-order valence-electron chi connectivity index (χ0n) is 14.2. The Bertz CT molecular complexity index is 1150. The number of rotatable bonds is 3. The molecule has 0 radical (unpaired) electrons. The number of hydrogen-bond donors (Lipinski definition) is 1. The molecule has 0 amide bonds. The summed E-state index contributed by atoms with van der Waals surface area (Å²) in [6.07, 6.45) is 3.34. The van der Waals surface area contributed by atoms with Gasteiger partial charge in [-0.15, -0.1) is 0 Å². The zero-order valence-corrected chi connectivity index (χ0v) is 14.9. The molecule has 134 valence electrons. The summed E-state index contributed by atoms with van der Waals surface area (Å²) in [4.78, 5) is 13.2. The first-order chi connectivity index (χ1) is 13.1. The van der Waals surface area contributed by atoms with Crippen LogP contribution in [-0.2, 0) is 0 Å². The molecule has 0 spiro atoms. The van der Waals surface area contributed by atoms with Crippen molar-refractivity contribution in [3.63, 3.8) is 0 Å². The number of benzene rings is 2. The van der Waals surface area contributed by atoms with Gasteiger partial charge >= 0.3 is 0 Å². The maximum Gasteiger partial charge on any atom is 0.163 e. The van der Waals surface area contributed by atoms with Crippen LogP contribution in [0.1, 0.15) is 0 Å². The molecule has 27 heavy (non-hydrogen) atoms. The van der Waals surface area contributed by atoms with Crippen molar-refractivity contribution < 1.29 is 8.78 Å². The van der Waals surface area contributed by atoms with Crippen molar-refractivity contribution in [1.29, 1.82) is 0 Å². The van der Waals surface area contributed by atoms with E-state index in [1.54, 1.807) is 37.6 Å². The third kappa shape index (κ3) is 3.19. The van der Waals surface area contributed by atoms with Crippen LogP contribution in [0.25, 0.3) is 33.4 Å². The standard InChI is InChI=1S/C20H13ClF2N4/c1-24-20-15-8-14(13-5-4-12(22)7-17(13)23)16(21)9-18(15)26-19(27-20)11-3-2-6-25-10-11/h2-10H,1H3,(H,24,26,27). The highest BCUT2D eigenvalue weighted by atomic mass is 35.5. The monoisotopic (exact) mass is 382 g/mol. The fourth-order valence-electron chi connectivity index (χ4n) is 2.88. The summed E-state index contributed by atoms with van der Waals surface area (Å²) in [5.41, 5.74) is 2.02. The molecule has 4 rings (SSSR count). The first-order valence-corrected chi connectivity index (χ1v) is 8.49. The summed E-state index contributed by atoms with van der Waals surface area (Å²) < 4.78 is 27.5. The Labute approximate surface area is 158 Å². The van der Waals surface area contributed by atoms with E-state index in [-0.39, 0.29) is 5.56 Å². The second-order valence-electron chi connectivity index (χ2n) is 5.86. The molecular formula is C20H13ClF2N4. The molecule has 7 heteroatoms. The van der Waals surface area contributed by atoms with E-state index in [1.807, 2.05) is 6.07 Å². The van der Waals surface area contributed by atoms with Gasteiger partial charge in [-0.1, -0.05) is 11.6 Å². The molecule has 0 saturated heterocycles. The van der Waals surface area contributed by atoms with Gasteiger partial charge in [0.05, 0.1) is 10.5 Å². The molecule has 0 saturated carbocycles. The molecule has 4 nitrogen and oxygen atoms in total. The maximum absolute atomic E-state index is 14.2. The van der Waals surface area contributed by atoms with E-state index >= 15 is 0 Å². The first kappa shape index (κ1) is 17.3. The Morgan fingerprint density at radius 1 is 1.00 bits per heavy atom. The fraction of sp³-hybridized carbons (Fsp3) is 0.0500. The first-order valence-electron chi connectivity index (χ1n) is 8.11. The van der Waals surface area contributed by atoms with Crippen LogP contribution in [-0.4, -0.2) is 22.0 Å². The van der Waals surface area contributed by atoms with Crippen LogP contribution >= 0.6 is 11.6 Å². The lowest BCUT2D eigenvalue weighted by Gasteiger charge is -2.12. The van der Waals surface area contributed by atoms with E-state index in [0.717, 1.165) is 11.6 Å². The van der Waals surface area contributed by atoms with Gasteiger partial charge in [0.1, 0.15) is 17.5 Å². The average molecular weight is 383 g/mol. The third-order valence-corrected chi connectivity index (χ3v) is 4.48. The highest BCUT2D eigenvalue weighted by Gasteiger charge is 2.15. The minimum atomic E-state index is -0.685. The van der Waals surface area contributed by atoms with Gasteiger partial charge < -0.3 is 5.32 Å². The molecule has 2 aromatic heterocycles. The SMILES string of the molecule is CNc1nc(-c2cccnc2)nc2cc(Cl)c(-c3ccc(F)cc3F)cc12. The van der Waals surface area contributed by atoms with E-state index in [0.29, 0.717) is 33.1 Å². The highest BCUT2D eigenvalue weighted by Crippen LogP contribution is 2.36. The Morgan fingerprint density at radius 2 is 1.85 bits per heavy atom. The lowest BCUT2D eigenvalue weighted by molar-refractivity contribution is 0.585. The summed E-state index contributed by atoms with van der Waals surface area (Å²) in [6.45, 7) is 0. The summed E-state index contributed by atoms with van der Waals surface area (Å²) in [6, 6.07) is 10.4. The number of nitrogens with zero attached hydrogens (tertiary/aromatic N) is 3. The van der Waals surface area contributed by atoms with Gasteiger partial charge in [0.2, 0.25) is 0 Å². The van der Waals surface area contributed by atoms with Crippen LogP contribution in [0.2, 0.25) is 5.02 Å². The van der Waals surface area contributed by atoms with Crippen LogP contribution in [0.5, 0.6) is 0 Å². The number of hydrogen-bond acceptors (Lipinski definition) is 4. The van der Waals surface area contributed by atoms with Crippen molar-refractivity contribution in [2.45, 2.75) is 0 Å². The van der Waals surface area contributed by atoms with Crippen LogP contribution in [0.4, 0.5) is 14.6 Å². The number of pyridine rings is 1. The topological polar surface area (TPSA) is 50.7 Å². The second kappa shape index (κ2) is 6.89. The third-order valence-electron chi connectivity index (χ3n) is 4.16. The van der Waals surface area contributed by atoms with Gasteiger partial charge in [-0.05, 0) is 36.4 Å². The Kier molecular flexibility index (Phi) is 4.41. The van der Waals surface area contributed by atoms with E-state index in [4.69, 9.17) is 11.6 Å². The van der Waals surface area contributed by atoms with Crippen LogP contribution < -0.4 is 5.32 Å². The van der Waals surface area contributed by atoms with E-state index in [1.165, 1.54) is 12.1 Å². The van der Waals surface area contributed by atoms with Gasteiger partial charge in [0.15, 0.2) is 5.82 Å². The van der Waals surface area contributed by atoms with Gasteiger partial charge in [-0.3, -0.25) is 4.98 Å². The molecule has 0 unspecified atom stereocenters. The van der Waals surface area contributed by atoms with Crippen LogP contribution in [0.3, 0.4) is 0 Å². The minimum absolute atomic E-state index is 0.210. The summed E-state index contributed by atoms with van der Waals surface area (Å²) in [5.74, 6) is -0.264. The van der Waals surface area contributed by atoms with E-state index in [2.05, 4.69) is 20.3 Å². The summed E-state index contributed by atoms with van der Waals surface area (Å²) >= 11 is 6.39. The summed E-state index contributed by atoms with van der Waals surface area (Å²) in [5, 5.41) is 4.02. The Morgan fingerprint density at radius 3 is 2.56 bits per heavy atom. The molecule has 0 aliphatic rings. The van der Waals surface area contributed by atoms with Gasteiger partial charge in [-0.25, -0.2) is 18.7 Å². The normalized spacial score (nSPS) is 11.0. The number of nitrogens with one attached hydrogen (secondary N) is 1. The van der Waals surface area contributed by atoms with Crippen molar-refractivity contribution in [3.05, 3.63) is 71.5 Å². The van der Waals surface area contributed by atoms with Gasteiger partial charge in [0, 0.05) is 47.6 Å². The molecule has 0 atom stereocenters. The molecule has 0 bridgehead atoms. The lowest BCUT2D eigenvalue weighted by atomic mass is 10.0. The van der Waals surface area contributed by atoms with Crippen LogP contribution in [0, 0.1) is 11.6 Å². The largest absolute Gasteiger partial charge is 0.373 e. The molecule has 2 aromatic carbocycles. The zero-order chi connectivity index (χ0) is 19.0. The molecule has 1 N–H and O–H groups in total. The second-order valence-corrected chi connectivity index (χ2v) is 6.27. The van der Waals surface area contributed by atoms with Crippen molar-refractivity contribution in [1.82, 2.24) is 15.0 Å². The maximum atomic E-state index is 14.2. The number of aromatic nitrogens is 3. The smallest absolute Gasteiger partial charge is 0.163 e. The fourth-order valence-corrected chi connectivity index (χ4v) is 3.14. The predicted molar refractivity (Wildman–Crippen MR) is 103 cm³/mol. The highest BCUT2D eigenvalue weighted by molar-refractivity contribution is 6.34. The van der Waals surface area contributed by atoms with Crippen LogP contribution in [0.15, 0.2) is 54.9 Å². The van der Waals surface area contributed by atoms with Crippen molar-refractivity contribution in [2.75, 3.05) is 12.4 Å². The Hall–Kier alpha value is -3.12. The average Bonchev–Trinajstić information content (AvgIpc) is 2.67. The van der Waals surface area contributed by atoms with Gasteiger partial charge in [0.25, 0.3) is 0 Å². The quantitative estimate of drug-likeness (QED) is 0.520. The molecular weight excluding hydrogens is 370 g/mol. The van der Waals surface area contributed by atoms with Crippen molar-refractivity contribution in [2.24, 2.45) is 0 Å². The van der Waals surface area contributed by atoms with E-state index in [9.17, 15) is 8.78 Å². The number of anilines is 1. The lowest BCUT2D eigenvalue weighted by Crippen LogP contribution is -2.00. The van der Waals surface area contributed by atoms with Crippen molar-refractivity contribution in [3.8, 4) is 22.5 Å². The number of halogens is 3. The molecule has 0 aliphatic carbocycles. The van der Waals surface area contributed by atoms with E-state index < -0.39 is 11.6 Å². The number of fused-ring (bicyclic) bond motifs is 1. The molecule has 2 heterocycles. The molecule has 4 aromatic rings. The molecule has 0 fully saturated rings.